The number of hydrogen-bond acceptors (Lipinski definition) is 2. The third-order valence-electron chi connectivity index (χ3n) is 3.63. The minimum Gasteiger partial charge on any atom is -0.481 e. The lowest BCUT2D eigenvalue weighted by atomic mass is 9.89. The second-order valence-electron chi connectivity index (χ2n) is 6.42. The van der Waals surface area contributed by atoms with Crippen molar-refractivity contribution >= 4 is 23.5 Å². The van der Waals surface area contributed by atoms with Crippen LogP contribution in [0, 0.1) is 5.41 Å². The predicted molar refractivity (Wildman–Crippen MR) is 81.8 cm³/mol. The molecule has 1 aromatic rings. The van der Waals surface area contributed by atoms with Gasteiger partial charge in [0.05, 0.1) is 6.42 Å². The number of amides is 1. The van der Waals surface area contributed by atoms with Crippen molar-refractivity contribution in [2.75, 3.05) is 6.54 Å². The summed E-state index contributed by atoms with van der Waals surface area (Å²) >= 11 is 5.99. The molecule has 0 aliphatic heterocycles. The Kier molecular flexibility index (Phi) is 4.57. The summed E-state index contributed by atoms with van der Waals surface area (Å²) in [6.07, 6.45) is 2.22. The van der Waals surface area contributed by atoms with Crippen molar-refractivity contribution in [2.24, 2.45) is 5.41 Å². The van der Waals surface area contributed by atoms with Crippen molar-refractivity contribution in [1.82, 2.24) is 5.32 Å². The molecule has 5 heteroatoms. The summed E-state index contributed by atoms with van der Waals surface area (Å²) in [5.41, 5.74) is 1.16. The van der Waals surface area contributed by atoms with Gasteiger partial charge in [0.1, 0.15) is 0 Å². The first-order chi connectivity index (χ1) is 9.78. The van der Waals surface area contributed by atoms with E-state index in [9.17, 15) is 9.59 Å². The lowest BCUT2D eigenvalue weighted by molar-refractivity contribution is -0.139. The van der Waals surface area contributed by atoms with Crippen LogP contribution in [0.4, 0.5) is 0 Å². The number of carbonyl (C=O) groups is 2. The van der Waals surface area contributed by atoms with Gasteiger partial charge in [0.2, 0.25) is 0 Å². The van der Waals surface area contributed by atoms with Crippen molar-refractivity contribution in [3.63, 3.8) is 0 Å². The minimum atomic E-state index is -0.865. The van der Waals surface area contributed by atoms with Gasteiger partial charge in [0, 0.05) is 17.1 Å². The molecule has 0 spiro atoms. The highest BCUT2D eigenvalue weighted by Gasteiger charge is 2.29. The Morgan fingerprint density at radius 1 is 1.38 bits per heavy atom. The van der Waals surface area contributed by atoms with E-state index in [2.05, 4.69) is 5.32 Å². The molecule has 4 nitrogen and oxygen atoms in total. The van der Waals surface area contributed by atoms with Crippen LogP contribution in [0.25, 0.3) is 0 Å². The van der Waals surface area contributed by atoms with E-state index in [0.29, 0.717) is 23.0 Å². The van der Waals surface area contributed by atoms with Crippen LogP contribution >= 0.6 is 11.6 Å². The summed E-state index contributed by atoms with van der Waals surface area (Å²) in [7, 11) is 0. The fourth-order valence-corrected chi connectivity index (χ4v) is 2.53. The van der Waals surface area contributed by atoms with E-state index in [1.54, 1.807) is 12.1 Å². The summed E-state index contributed by atoms with van der Waals surface area (Å²) in [6, 6.07) is 5.41. The maximum absolute atomic E-state index is 12.4. The van der Waals surface area contributed by atoms with E-state index >= 15 is 0 Å². The number of hydrogen-bond donors (Lipinski definition) is 2. The molecule has 114 valence electrons. The first-order valence-electron chi connectivity index (χ1n) is 7.08. The van der Waals surface area contributed by atoms with Gasteiger partial charge < -0.3 is 10.4 Å². The molecule has 1 fully saturated rings. The summed E-state index contributed by atoms with van der Waals surface area (Å²) in [4.78, 5) is 23.2. The molecule has 0 saturated heterocycles. The SMILES string of the molecule is CC(C)(CNC(=O)c1cc(Cl)ccc1C1CC1)CC(=O)O. The Morgan fingerprint density at radius 2 is 2.05 bits per heavy atom. The molecule has 0 unspecified atom stereocenters. The molecule has 21 heavy (non-hydrogen) atoms. The predicted octanol–water partition coefficient (Wildman–Crippen LogP) is 3.45. The first kappa shape index (κ1) is 15.8. The van der Waals surface area contributed by atoms with E-state index in [0.717, 1.165) is 18.4 Å². The normalized spacial score (nSPS) is 14.8. The number of benzene rings is 1. The maximum Gasteiger partial charge on any atom is 0.303 e. The molecule has 0 radical (unpaired) electrons. The third-order valence-corrected chi connectivity index (χ3v) is 3.87. The van der Waals surface area contributed by atoms with Crippen LogP contribution in [0.3, 0.4) is 0 Å². The fourth-order valence-electron chi connectivity index (χ4n) is 2.36. The average Bonchev–Trinajstić information content (AvgIpc) is 3.18. The van der Waals surface area contributed by atoms with Crippen molar-refractivity contribution < 1.29 is 14.7 Å². The third kappa shape index (κ3) is 4.46. The van der Waals surface area contributed by atoms with Gasteiger partial charge in [0.25, 0.3) is 5.91 Å². The lowest BCUT2D eigenvalue weighted by Crippen LogP contribution is -2.35. The summed E-state index contributed by atoms with van der Waals surface area (Å²) in [6.45, 7) is 3.96. The molecule has 2 N–H and O–H groups in total. The highest BCUT2D eigenvalue weighted by molar-refractivity contribution is 6.31. The van der Waals surface area contributed by atoms with E-state index in [4.69, 9.17) is 16.7 Å². The average molecular weight is 310 g/mol. The molecular weight excluding hydrogens is 290 g/mol. The van der Waals surface area contributed by atoms with Crippen LogP contribution in [0.1, 0.15) is 54.9 Å². The van der Waals surface area contributed by atoms with E-state index in [1.807, 2.05) is 19.9 Å². The zero-order valence-corrected chi connectivity index (χ0v) is 13.0. The van der Waals surface area contributed by atoms with Crippen molar-refractivity contribution in [3.05, 3.63) is 34.3 Å². The van der Waals surface area contributed by atoms with Crippen LogP contribution in [-0.4, -0.2) is 23.5 Å². The molecule has 1 amide bonds. The second-order valence-corrected chi connectivity index (χ2v) is 6.86. The molecular formula is C16H20ClNO3. The summed E-state index contributed by atoms with van der Waals surface area (Å²) in [5.74, 6) is -0.594. The van der Waals surface area contributed by atoms with Crippen LogP contribution < -0.4 is 5.32 Å². The Morgan fingerprint density at radius 3 is 2.62 bits per heavy atom. The smallest absolute Gasteiger partial charge is 0.303 e. The summed E-state index contributed by atoms with van der Waals surface area (Å²) in [5, 5.41) is 12.2. The highest BCUT2D eigenvalue weighted by Crippen LogP contribution is 2.42. The molecule has 0 atom stereocenters. The Balaban J connectivity index is 2.06. The van der Waals surface area contributed by atoms with Crippen LogP contribution in [-0.2, 0) is 4.79 Å². The van der Waals surface area contributed by atoms with Crippen molar-refractivity contribution in [3.8, 4) is 0 Å². The standard InChI is InChI=1S/C16H20ClNO3/c1-16(2,8-14(19)20)9-18-15(21)13-7-11(17)5-6-12(13)10-3-4-10/h5-7,10H,3-4,8-9H2,1-2H3,(H,18,21)(H,19,20). The molecule has 1 aliphatic carbocycles. The van der Waals surface area contributed by atoms with Crippen molar-refractivity contribution in [2.45, 2.75) is 39.0 Å². The van der Waals surface area contributed by atoms with Crippen molar-refractivity contribution in [1.29, 1.82) is 0 Å². The van der Waals surface area contributed by atoms with Gasteiger partial charge in [-0.05, 0) is 41.9 Å². The number of carboxylic acids is 1. The minimum absolute atomic E-state index is 0.0122. The quantitative estimate of drug-likeness (QED) is 0.846. The van der Waals surface area contributed by atoms with Crippen LogP contribution in [0.5, 0.6) is 0 Å². The molecule has 1 aliphatic rings. The topological polar surface area (TPSA) is 66.4 Å². The molecule has 0 heterocycles. The second kappa shape index (κ2) is 6.06. The monoisotopic (exact) mass is 309 g/mol. The first-order valence-corrected chi connectivity index (χ1v) is 7.46. The van der Waals surface area contributed by atoms with Gasteiger partial charge in [0.15, 0.2) is 0 Å². The number of carboxylic acid groups (broad SMARTS) is 1. The molecule has 2 rings (SSSR count). The zero-order valence-electron chi connectivity index (χ0n) is 12.3. The number of halogens is 1. The largest absolute Gasteiger partial charge is 0.481 e. The Hall–Kier alpha value is -1.55. The van der Waals surface area contributed by atoms with Gasteiger partial charge in [-0.2, -0.15) is 0 Å². The van der Waals surface area contributed by atoms with Gasteiger partial charge in [-0.3, -0.25) is 9.59 Å². The number of nitrogens with one attached hydrogen (secondary N) is 1. The highest BCUT2D eigenvalue weighted by atomic mass is 35.5. The Bertz CT molecular complexity index is 565. The van der Waals surface area contributed by atoms with E-state index in [-0.39, 0.29) is 12.3 Å². The molecule has 0 aromatic heterocycles. The van der Waals surface area contributed by atoms with Gasteiger partial charge >= 0.3 is 5.97 Å². The van der Waals surface area contributed by atoms with Gasteiger partial charge in [-0.25, -0.2) is 0 Å². The lowest BCUT2D eigenvalue weighted by Gasteiger charge is -2.23. The number of carbonyl (C=O) groups excluding carboxylic acids is 1. The maximum atomic E-state index is 12.4. The number of rotatable bonds is 6. The van der Waals surface area contributed by atoms with Crippen LogP contribution in [0.15, 0.2) is 18.2 Å². The van der Waals surface area contributed by atoms with Gasteiger partial charge in [-0.15, -0.1) is 0 Å². The zero-order chi connectivity index (χ0) is 15.6. The summed E-state index contributed by atoms with van der Waals surface area (Å²) < 4.78 is 0. The molecule has 1 aromatic carbocycles. The molecule has 1 saturated carbocycles. The van der Waals surface area contributed by atoms with E-state index < -0.39 is 11.4 Å². The molecule has 0 bridgehead atoms. The fraction of sp³-hybridized carbons (Fsp3) is 0.500. The van der Waals surface area contributed by atoms with Crippen LogP contribution in [0.2, 0.25) is 5.02 Å². The van der Waals surface area contributed by atoms with E-state index in [1.165, 1.54) is 0 Å². The number of aliphatic carboxylic acids is 1. The van der Waals surface area contributed by atoms with Gasteiger partial charge in [-0.1, -0.05) is 31.5 Å². The Labute approximate surface area is 129 Å².